The Bertz CT molecular complexity index is 717. The maximum absolute atomic E-state index is 12.9. The maximum atomic E-state index is 12.9. The van der Waals surface area contributed by atoms with Crippen molar-refractivity contribution in [2.75, 3.05) is 19.6 Å². The molecule has 2 aromatic heterocycles. The van der Waals surface area contributed by atoms with Gasteiger partial charge in [0, 0.05) is 50.0 Å². The lowest BCUT2D eigenvalue weighted by atomic mass is 9.95. The monoisotopic (exact) mass is 342 g/mol. The molecule has 0 radical (unpaired) electrons. The third-order valence-electron chi connectivity index (χ3n) is 5.02. The quantitative estimate of drug-likeness (QED) is 0.860. The summed E-state index contributed by atoms with van der Waals surface area (Å²) in [6.07, 6.45) is 6.07. The van der Waals surface area contributed by atoms with Crippen LogP contribution in [0.5, 0.6) is 0 Å². The van der Waals surface area contributed by atoms with E-state index in [1.807, 2.05) is 30.8 Å². The van der Waals surface area contributed by atoms with Crippen molar-refractivity contribution in [3.8, 4) is 0 Å². The molecule has 5 nitrogen and oxygen atoms in total. The van der Waals surface area contributed by atoms with Gasteiger partial charge in [0.2, 0.25) is 0 Å². The van der Waals surface area contributed by atoms with Crippen molar-refractivity contribution < 1.29 is 4.79 Å². The minimum atomic E-state index is 0.109. The molecule has 2 atom stereocenters. The number of carbonyl (C=O) groups excluding carboxylic acids is 1. The Morgan fingerprint density at radius 1 is 1.33 bits per heavy atom. The molecule has 126 valence electrons. The molecule has 2 aromatic rings. The summed E-state index contributed by atoms with van der Waals surface area (Å²) >= 11 is 1.55. The fourth-order valence-electron chi connectivity index (χ4n) is 3.92. The van der Waals surface area contributed by atoms with Crippen molar-refractivity contribution in [3.63, 3.8) is 0 Å². The summed E-state index contributed by atoms with van der Waals surface area (Å²) in [6, 6.07) is 4.41. The van der Waals surface area contributed by atoms with Crippen LogP contribution in [0, 0.1) is 12.8 Å². The smallest absolute Gasteiger partial charge is 0.273 e. The first-order valence-electron chi connectivity index (χ1n) is 8.53. The van der Waals surface area contributed by atoms with Crippen LogP contribution in [-0.4, -0.2) is 51.4 Å². The molecule has 0 saturated carbocycles. The number of rotatable bonds is 3. The summed E-state index contributed by atoms with van der Waals surface area (Å²) in [5.74, 6) is 0.668. The Morgan fingerprint density at radius 3 is 3.00 bits per heavy atom. The molecule has 24 heavy (non-hydrogen) atoms. The molecule has 0 unspecified atom stereocenters. The number of thiazole rings is 1. The molecule has 5 rings (SSSR count). The van der Waals surface area contributed by atoms with Gasteiger partial charge in [0.15, 0.2) is 0 Å². The minimum Gasteiger partial charge on any atom is -0.333 e. The summed E-state index contributed by atoms with van der Waals surface area (Å²) in [5, 5.41) is 2.85. The fraction of sp³-hybridized carbons (Fsp3) is 0.500. The first kappa shape index (κ1) is 15.7. The second kappa shape index (κ2) is 6.61. The molecule has 6 heteroatoms. The Balaban J connectivity index is 1.49. The van der Waals surface area contributed by atoms with Gasteiger partial charge in [-0.1, -0.05) is 6.07 Å². The predicted octanol–water partition coefficient (Wildman–Crippen LogP) is 2.58. The zero-order chi connectivity index (χ0) is 16.5. The van der Waals surface area contributed by atoms with Gasteiger partial charge in [0.25, 0.3) is 5.91 Å². The van der Waals surface area contributed by atoms with Gasteiger partial charge < -0.3 is 4.90 Å². The van der Waals surface area contributed by atoms with E-state index in [9.17, 15) is 4.79 Å². The molecule has 1 amide bonds. The average Bonchev–Trinajstić information content (AvgIpc) is 2.84. The molecule has 0 aromatic carbocycles. The third-order valence-corrected chi connectivity index (χ3v) is 5.79. The number of pyridine rings is 1. The fourth-order valence-corrected chi connectivity index (χ4v) is 4.50. The van der Waals surface area contributed by atoms with Gasteiger partial charge in [-0.3, -0.25) is 14.7 Å². The Kier molecular flexibility index (Phi) is 4.33. The molecule has 5 heterocycles. The number of hydrogen-bond donors (Lipinski definition) is 0. The third kappa shape index (κ3) is 3.21. The normalized spacial score (nSPS) is 24.1. The van der Waals surface area contributed by atoms with Gasteiger partial charge in [-0.2, -0.15) is 0 Å². The Labute approximate surface area is 146 Å². The molecule has 3 fully saturated rings. The number of piperidine rings is 1. The SMILES string of the molecule is Cc1nc(C(=O)N2C[C@H]3CC[C@@H]2CN(Cc2cccnc2)C3)cs1. The van der Waals surface area contributed by atoms with Crippen LogP contribution in [0.3, 0.4) is 0 Å². The van der Waals surface area contributed by atoms with Crippen LogP contribution in [0.1, 0.15) is 33.9 Å². The zero-order valence-electron chi connectivity index (χ0n) is 13.9. The first-order chi connectivity index (χ1) is 11.7. The van der Waals surface area contributed by atoms with E-state index in [2.05, 4.69) is 25.8 Å². The number of aromatic nitrogens is 2. The van der Waals surface area contributed by atoms with Crippen LogP contribution in [0.15, 0.2) is 29.9 Å². The van der Waals surface area contributed by atoms with Crippen molar-refractivity contribution in [1.82, 2.24) is 19.8 Å². The highest BCUT2D eigenvalue weighted by atomic mass is 32.1. The van der Waals surface area contributed by atoms with Crippen molar-refractivity contribution in [2.24, 2.45) is 5.92 Å². The number of nitrogens with zero attached hydrogens (tertiary/aromatic N) is 4. The largest absolute Gasteiger partial charge is 0.333 e. The van der Waals surface area contributed by atoms with Gasteiger partial charge >= 0.3 is 0 Å². The summed E-state index contributed by atoms with van der Waals surface area (Å²) in [4.78, 5) is 26.0. The van der Waals surface area contributed by atoms with Gasteiger partial charge in [-0.05, 0) is 37.3 Å². The van der Waals surface area contributed by atoms with Gasteiger partial charge in [-0.25, -0.2) is 4.98 Å². The van der Waals surface area contributed by atoms with E-state index in [-0.39, 0.29) is 5.91 Å². The van der Waals surface area contributed by atoms with Crippen LogP contribution >= 0.6 is 11.3 Å². The van der Waals surface area contributed by atoms with Crippen LogP contribution in [0.4, 0.5) is 0 Å². The lowest BCUT2D eigenvalue weighted by Gasteiger charge is -2.35. The molecule has 3 aliphatic rings. The summed E-state index contributed by atoms with van der Waals surface area (Å²) in [6.45, 7) is 5.74. The first-order valence-corrected chi connectivity index (χ1v) is 9.41. The van der Waals surface area contributed by atoms with E-state index in [4.69, 9.17) is 0 Å². The van der Waals surface area contributed by atoms with Gasteiger partial charge in [0.1, 0.15) is 5.69 Å². The topological polar surface area (TPSA) is 49.3 Å². The predicted molar refractivity (Wildman–Crippen MR) is 93.9 cm³/mol. The van der Waals surface area contributed by atoms with Crippen molar-refractivity contribution in [1.29, 1.82) is 0 Å². The van der Waals surface area contributed by atoms with E-state index < -0.39 is 0 Å². The van der Waals surface area contributed by atoms with E-state index in [0.717, 1.165) is 37.6 Å². The van der Waals surface area contributed by atoms with Gasteiger partial charge in [0.05, 0.1) is 5.01 Å². The highest BCUT2D eigenvalue weighted by molar-refractivity contribution is 7.09. The van der Waals surface area contributed by atoms with Crippen LogP contribution in [0.25, 0.3) is 0 Å². The summed E-state index contributed by atoms with van der Waals surface area (Å²) in [7, 11) is 0. The zero-order valence-corrected chi connectivity index (χ0v) is 14.7. The molecular formula is C18H22N4OS. The molecule has 0 aliphatic carbocycles. The number of aryl methyl sites for hydroxylation is 1. The number of hydrogen-bond acceptors (Lipinski definition) is 5. The Morgan fingerprint density at radius 2 is 2.25 bits per heavy atom. The molecule has 0 spiro atoms. The average molecular weight is 342 g/mol. The maximum Gasteiger partial charge on any atom is 0.273 e. The standard InChI is InChI=1S/C18H22N4OS/c1-13-20-17(12-24-13)18(23)22-10-15-4-5-16(22)11-21(9-15)8-14-3-2-6-19-7-14/h2-3,6-7,12,15-16H,4-5,8-11H2,1H3/t15-,16+/m0/s1. The molecule has 0 N–H and O–H groups in total. The molecular weight excluding hydrogens is 320 g/mol. The molecule has 2 bridgehead atoms. The van der Waals surface area contributed by atoms with Crippen LogP contribution in [-0.2, 0) is 6.54 Å². The van der Waals surface area contributed by atoms with Crippen molar-refractivity contribution >= 4 is 17.2 Å². The van der Waals surface area contributed by atoms with Crippen LogP contribution in [0.2, 0.25) is 0 Å². The minimum absolute atomic E-state index is 0.109. The second-order valence-corrected chi connectivity index (χ2v) is 7.92. The summed E-state index contributed by atoms with van der Waals surface area (Å²) < 4.78 is 0. The highest BCUT2D eigenvalue weighted by Crippen LogP contribution is 2.30. The summed E-state index contributed by atoms with van der Waals surface area (Å²) in [5.41, 5.74) is 1.86. The second-order valence-electron chi connectivity index (χ2n) is 6.86. The van der Waals surface area contributed by atoms with E-state index >= 15 is 0 Å². The number of amides is 1. The highest BCUT2D eigenvalue weighted by Gasteiger charge is 2.37. The van der Waals surface area contributed by atoms with Crippen molar-refractivity contribution in [3.05, 3.63) is 46.2 Å². The lowest BCUT2D eigenvalue weighted by Crippen LogP contribution is -2.47. The van der Waals surface area contributed by atoms with E-state index in [1.54, 1.807) is 11.3 Å². The van der Waals surface area contributed by atoms with Crippen molar-refractivity contribution in [2.45, 2.75) is 32.4 Å². The van der Waals surface area contributed by atoms with E-state index in [1.165, 1.54) is 12.0 Å². The number of fused-ring (bicyclic) bond motifs is 4. The van der Waals surface area contributed by atoms with Gasteiger partial charge in [-0.15, -0.1) is 11.3 Å². The lowest BCUT2D eigenvalue weighted by molar-refractivity contribution is 0.0579. The Hall–Kier alpha value is -1.79. The molecule has 3 saturated heterocycles. The molecule has 3 aliphatic heterocycles. The van der Waals surface area contributed by atoms with Crippen LogP contribution < -0.4 is 0 Å². The number of carbonyl (C=O) groups is 1. The van der Waals surface area contributed by atoms with E-state index in [0.29, 0.717) is 17.7 Å².